The van der Waals surface area contributed by atoms with Gasteiger partial charge in [-0.05, 0) is 25.1 Å². The first-order chi connectivity index (χ1) is 12.5. The van der Waals surface area contributed by atoms with Crippen molar-refractivity contribution in [1.82, 2.24) is 14.9 Å². The van der Waals surface area contributed by atoms with Crippen molar-refractivity contribution in [3.63, 3.8) is 0 Å². The molecule has 3 aromatic rings. The predicted octanol–water partition coefficient (Wildman–Crippen LogP) is 2.64. The van der Waals surface area contributed by atoms with Gasteiger partial charge in [-0.1, -0.05) is 12.1 Å². The van der Waals surface area contributed by atoms with Crippen LogP contribution in [-0.2, 0) is 6.54 Å². The number of benzene rings is 2. The van der Waals surface area contributed by atoms with Crippen molar-refractivity contribution >= 4 is 28.5 Å². The van der Waals surface area contributed by atoms with Crippen molar-refractivity contribution in [2.45, 2.75) is 13.5 Å². The molecule has 0 unspecified atom stereocenters. The summed E-state index contributed by atoms with van der Waals surface area (Å²) < 4.78 is 0. The van der Waals surface area contributed by atoms with Gasteiger partial charge in [0.25, 0.3) is 17.5 Å². The van der Waals surface area contributed by atoms with Crippen LogP contribution in [0.4, 0.5) is 5.69 Å². The van der Waals surface area contributed by atoms with E-state index in [0.717, 1.165) is 16.5 Å². The van der Waals surface area contributed by atoms with Crippen LogP contribution in [0.5, 0.6) is 0 Å². The van der Waals surface area contributed by atoms with Crippen molar-refractivity contribution in [3.05, 3.63) is 75.1 Å². The number of non-ortho nitro benzene ring substituents is 1. The molecular formula is C18H12N4O4. The van der Waals surface area contributed by atoms with Gasteiger partial charge in [-0.25, -0.2) is 9.97 Å². The van der Waals surface area contributed by atoms with E-state index in [-0.39, 0.29) is 23.4 Å². The van der Waals surface area contributed by atoms with Gasteiger partial charge < -0.3 is 0 Å². The number of hydrogen-bond donors (Lipinski definition) is 0. The zero-order valence-electron chi connectivity index (χ0n) is 13.7. The SMILES string of the molecule is Cc1nc2ccccc2nc1CN1C(=O)c2ccc([N+](=O)[O-])cc2C1=O. The number of imide groups is 1. The van der Waals surface area contributed by atoms with Gasteiger partial charge in [-0.15, -0.1) is 0 Å². The van der Waals surface area contributed by atoms with Crippen molar-refractivity contribution in [3.8, 4) is 0 Å². The number of aromatic nitrogens is 2. The standard InChI is InChI=1S/C18H12N4O4/c1-10-16(20-15-5-3-2-4-14(15)19-10)9-21-17(23)12-7-6-11(22(25)26)8-13(12)18(21)24/h2-8H,9H2,1H3. The van der Waals surface area contributed by atoms with Gasteiger partial charge >= 0.3 is 0 Å². The van der Waals surface area contributed by atoms with E-state index in [4.69, 9.17) is 0 Å². The Labute approximate surface area is 147 Å². The number of hydrogen-bond acceptors (Lipinski definition) is 6. The number of nitrogens with zero attached hydrogens (tertiary/aromatic N) is 4. The van der Waals surface area contributed by atoms with Crippen LogP contribution in [-0.4, -0.2) is 31.6 Å². The Morgan fingerprint density at radius 1 is 1.00 bits per heavy atom. The van der Waals surface area contributed by atoms with Gasteiger partial charge in [0.1, 0.15) is 0 Å². The van der Waals surface area contributed by atoms with Crippen molar-refractivity contribution in [2.24, 2.45) is 0 Å². The molecule has 0 atom stereocenters. The Bertz CT molecular complexity index is 1110. The van der Waals surface area contributed by atoms with Gasteiger partial charge in [0, 0.05) is 12.1 Å². The Balaban J connectivity index is 1.71. The van der Waals surface area contributed by atoms with Gasteiger partial charge in [0.2, 0.25) is 0 Å². The third-order valence-electron chi connectivity index (χ3n) is 4.32. The molecule has 1 aliphatic rings. The molecular weight excluding hydrogens is 336 g/mol. The van der Waals surface area contributed by atoms with E-state index in [0.29, 0.717) is 16.9 Å². The lowest BCUT2D eigenvalue weighted by Crippen LogP contribution is -2.30. The zero-order valence-corrected chi connectivity index (χ0v) is 13.7. The van der Waals surface area contributed by atoms with Crippen LogP contribution >= 0.6 is 0 Å². The molecule has 26 heavy (non-hydrogen) atoms. The molecule has 8 nitrogen and oxygen atoms in total. The number of amides is 2. The minimum atomic E-state index is -0.598. The van der Waals surface area contributed by atoms with Crippen LogP contribution in [0.1, 0.15) is 32.1 Å². The van der Waals surface area contributed by atoms with E-state index in [1.54, 1.807) is 13.0 Å². The highest BCUT2D eigenvalue weighted by molar-refractivity contribution is 6.21. The fourth-order valence-corrected chi connectivity index (χ4v) is 2.96. The minimum absolute atomic E-state index is 0.0376. The summed E-state index contributed by atoms with van der Waals surface area (Å²) in [5.41, 5.74) is 2.49. The maximum atomic E-state index is 12.6. The molecule has 0 saturated heterocycles. The summed E-state index contributed by atoms with van der Waals surface area (Å²) in [5, 5.41) is 10.9. The third-order valence-corrected chi connectivity index (χ3v) is 4.32. The Morgan fingerprint density at radius 2 is 1.65 bits per heavy atom. The first-order valence-corrected chi connectivity index (χ1v) is 7.82. The van der Waals surface area contributed by atoms with E-state index >= 15 is 0 Å². The minimum Gasteiger partial charge on any atom is -0.269 e. The molecule has 1 aromatic heterocycles. The molecule has 8 heteroatoms. The molecule has 2 amide bonds. The number of nitro benzene ring substituents is 1. The molecule has 0 bridgehead atoms. The molecule has 0 spiro atoms. The highest BCUT2D eigenvalue weighted by Crippen LogP contribution is 2.28. The molecule has 2 heterocycles. The summed E-state index contributed by atoms with van der Waals surface area (Å²) in [4.78, 5) is 45.5. The average Bonchev–Trinajstić information content (AvgIpc) is 2.86. The molecule has 0 radical (unpaired) electrons. The Hall–Kier alpha value is -3.68. The number of aryl methyl sites for hydroxylation is 1. The Morgan fingerprint density at radius 3 is 2.35 bits per heavy atom. The van der Waals surface area contributed by atoms with Crippen LogP contribution in [0.3, 0.4) is 0 Å². The zero-order chi connectivity index (χ0) is 18.4. The molecule has 0 aliphatic carbocycles. The molecule has 0 N–H and O–H groups in total. The monoisotopic (exact) mass is 348 g/mol. The van der Waals surface area contributed by atoms with Crippen molar-refractivity contribution < 1.29 is 14.5 Å². The molecule has 4 rings (SSSR count). The molecule has 128 valence electrons. The quantitative estimate of drug-likeness (QED) is 0.409. The second kappa shape index (κ2) is 5.69. The van der Waals surface area contributed by atoms with E-state index in [2.05, 4.69) is 9.97 Å². The Kier molecular flexibility index (Phi) is 3.47. The van der Waals surface area contributed by atoms with Gasteiger partial charge in [0.05, 0.1) is 45.0 Å². The summed E-state index contributed by atoms with van der Waals surface area (Å²) >= 11 is 0. The van der Waals surface area contributed by atoms with Crippen LogP contribution in [0.2, 0.25) is 0 Å². The first kappa shape index (κ1) is 15.8. The number of rotatable bonds is 3. The maximum Gasteiger partial charge on any atom is 0.270 e. The number of fused-ring (bicyclic) bond motifs is 2. The van der Waals surface area contributed by atoms with Crippen LogP contribution in [0, 0.1) is 17.0 Å². The van der Waals surface area contributed by atoms with E-state index in [1.807, 2.05) is 18.2 Å². The summed E-state index contributed by atoms with van der Waals surface area (Å²) in [6.07, 6.45) is 0. The van der Waals surface area contributed by atoms with E-state index < -0.39 is 16.7 Å². The largest absolute Gasteiger partial charge is 0.270 e. The second-order valence-electron chi connectivity index (χ2n) is 5.93. The number of para-hydroxylation sites is 2. The lowest BCUT2D eigenvalue weighted by molar-refractivity contribution is -0.384. The molecule has 2 aromatic carbocycles. The number of carbonyl (C=O) groups is 2. The third kappa shape index (κ3) is 2.39. The average molecular weight is 348 g/mol. The molecule has 0 fully saturated rings. The number of carbonyl (C=O) groups excluding carboxylic acids is 2. The normalized spacial score (nSPS) is 13.3. The number of nitro groups is 1. The van der Waals surface area contributed by atoms with Crippen molar-refractivity contribution in [1.29, 1.82) is 0 Å². The van der Waals surface area contributed by atoms with Crippen LogP contribution < -0.4 is 0 Å². The summed E-state index contributed by atoms with van der Waals surface area (Å²) in [6, 6.07) is 11.0. The van der Waals surface area contributed by atoms with Gasteiger partial charge in [0.15, 0.2) is 0 Å². The van der Waals surface area contributed by atoms with Crippen molar-refractivity contribution in [2.75, 3.05) is 0 Å². The lowest BCUT2D eigenvalue weighted by Gasteiger charge is -2.15. The summed E-state index contributed by atoms with van der Waals surface area (Å²) in [6.45, 7) is 1.72. The van der Waals surface area contributed by atoms with Gasteiger partial charge in [-0.3, -0.25) is 24.6 Å². The smallest absolute Gasteiger partial charge is 0.269 e. The van der Waals surface area contributed by atoms with E-state index in [1.165, 1.54) is 12.1 Å². The highest BCUT2D eigenvalue weighted by atomic mass is 16.6. The van der Waals surface area contributed by atoms with E-state index in [9.17, 15) is 19.7 Å². The predicted molar refractivity (Wildman–Crippen MR) is 91.6 cm³/mol. The molecule has 0 saturated carbocycles. The second-order valence-corrected chi connectivity index (χ2v) is 5.93. The summed E-state index contributed by atoms with van der Waals surface area (Å²) in [5.74, 6) is -1.06. The lowest BCUT2D eigenvalue weighted by atomic mass is 10.1. The van der Waals surface area contributed by atoms with Crippen LogP contribution in [0.25, 0.3) is 11.0 Å². The first-order valence-electron chi connectivity index (χ1n) is 7.82. The highest BCUT2D eigenvalue weighted by Gasteiger charge is 2.37. The van der Waals surface area contributed by atoms with Crippen LogP contribution in [0.15, 0.2) is 42.5 Å². The fraction of sp³-hybridized carbons (Fsp3) is 0.111. The fourth-order valence-electron chi connectivity index (χ4n) is 2.96. The molecule has 1 aliphatic heterocycles. The maximum absolute atomic E-state index is 12.6. The van der Waals surface area contributed by atoms with Gasteiger partial charge in [-0.2, -0.15) is 0 Å². The topological polar surface area (TPSA) is 106 Å². The summed E-state index contributed by atoms with van der Waals surface area (Å²) in [7, 11) is 0.